The lowest BCUT2D eigenvalue weighted by atomic mass is 10.2. The zero-order chi connectivity index (χ0) is 9.26. The van der Waals surface area contributed by atoms with Crippen molar-refractivity contribution >= 4 is 5.97 Å². The summed E-state index contributed by atoms with van der Waals surface area (Å²) in [5.41, 5.74) is 0. The lowest BCUT2D eigenvalue weighted by Gasteiger charge is -2.33. The van der Waals surface area contributed by atoms with E-state index in [4.69, 9.17) is 4.74 Å². The predicted molar refractivity (Wildman–Crippen MR) is 48.4 cm³/mol. The molecule has 13 heavy (non-hydrogen) atoms. The van der Waals surface area contributed by atoms with Gasteiger partial charge in [0.15, 0.2) is 0 Å². The van der Waals surface area contributed by atoms with Crippen LogP contribution in [0.1, 0.15) is 12.8 Å². The van der Waals surface area contributed by atoms with Crippen molar-refractivity contribution in [1.29, 1.82) is 0 Å². The molecule has 2 aliphatic rings. The van der Waals surface area contributed by atoms with Gasteiger partial charge in [0.05, 0.1) is 7.11 Å². The molecule has 0 aromatic heterocycles. The summed E-state index contributed by atoms with van der Waals surface area (Å²) in [5.74, 6) is -0.0654. The number of carbonyl (C=O) groups excluding carboxylic acids is 1. The minimum Gasteiger partial charge on any atom is -0.468 e. The SMILES string of the molecule is COC(=O)C1CCC2CNCCN21. The summed E-state index contributed by atoms with van der Waals surface area (Å²) in [6.45, 7) is 2.99. The summed E-state index contributed by atoms with van der Waals surface area (Å²) in [7, 11) is 1.47. The standard InChI is InChI=1S/C9H16N2O2/c1-13-9(12)8-3-2-7-6-10-4-5-11(7)8/h7-8,10H,2-6H2,1H3. The first-order chi connectivity index (χ1) is 6.33. The Labute approximate surface area is 78.2 Å². The quantitative estimate of drug-likeness (QED) is 0.563. The topological polar surface area (TPSA) is 41.6 Å². The molecule has 0 aromatic carbocycles. The molecule has 0 aromatic rings. The van der Waals surface area contributed by atoms with Crippen LogP contribution in [0.25, 0.3) is 0 Å². The molecule has 1 N–H and O–H groups in total. The highest BCUT2D eigenvalue weighted by molar-refractivity contribution is 5.76. The monoisotopic (exact) mass is 184 g/mol. The molecule has 74 valence electrons. The van der Waals surface area contributed by atoms with E-state index in [0.29, 0.717) is 6.04 Å². The third-order valence-electron chi connectivity index (χ3n) is 3.04. The van der Waals surface area contributed by atoms with Gasteiger partial charge in [-0.3, -0.25) is 9.69 Å². The number of rotatable bonds is 1. The van der Waals surface area contributed by atoms with Crippen LogP contribution in [0.2, 0.25) is 0 Å². The zero-order valence-electron chi connectivity index (χ0n) is 7.95. The summed E-state index contributed by atoms with van der Waals surface area (Å²) in [4.78, 5) is 13.7. The number of nitrogens with zero attached hydrogens (tertiary/aromatic N) is 1. The Morgan fingerprint density at radius 1 is 1.54 bits per heavy atom. The molecular weight excluding hydrogens is 168 g/mol. The van der Waals surface area contributed by atoms with Crippen molar-refractivity contribution in [1.82, 2.24) is 10.2 Å². The molecule has 0 spiro atoms. The first kappa shape index (κ1) is 8.97. The molecule has 2 atom stereocenters. The molecule has 0 bridgehead atoms. The molecule has 0 aliphatic carbocycles. The third-order valence-corrected chi connectivity index (χ3v) is 3.04. The van der Waals surface area contributed by atoms with Crippen LogP contribution in [0.3, 0.4) is 0 Å². The fourth-order valence-electron chi connectivity index (χ4n) is 2.36. The van der Waals surface area contributed by atoms with Crippen molar-refractivity contribution in [3.63, 3.8) is 0 Å². The van der Waals surface area contributed by atoms with Gasteiger partial charge in [-0.15, -0.1) is 0 Å². The van der Waals surface area contributed by atoms with Crippen LogP contribution in [0.15, 0.2) is 0 Å². The second-order valence-electron chi connectivity index (χ2n) is 3.71. The van der Waals surface area contributed by atoms with Gasteiger partial charge >= 0.3 is 5.97 Å². The highest BCUT2D eigenvalue weighted by atomic mass is 16.5. The average Bonchev–Trinajstić information content (AvgIpc) is 2.60. The summed E-state index contributed by atoms with van der Waals surface area (Å²) in [6.07, 6.45) is 2.08. The molecule has 2 heterocycles. The van der Waals surface area contributed by atoms with E-state index >= 15 is 0 Å². The van der Waals surface area contributed by atoms with Crippen molar-refractivity contribution in [3.05, 3.63) is 0 Å². The van der Waals surface area contributed by atoms with Gasteiger partial charge in [-0.25, -0.2) is 0 Å². The van der Waals surface area contributed by atoms with E-state index in [1.54, 1.807) is 0 Å². The van der Waals surface area contributed by atoms with E-state index in [2.05, 4.69) is 10.2 Å². The molecule has 0 saturated carbocycles. The first-order valence-electron chi connectivity index (χ1n) is 4.87. The van der Waals surface area contributed by atoms with E-state index in [1.807, 2.05) is 0 Å². The second-order valence-corrected chi connectivity index (χ2v) is 3.71. The van der Waals surface area contributed by atoms with Gasteiger partial charge in [-0.2, -0.15) is 0 Å². The van der Waals surface area contributed by atoms with Crippen LogP contribution < -0.4 is 5.32 Å². The Morgan fingerprint density at radius 3 is 3.15 bits per heavy atom. The Bertz CT molecular complexity index is 208. The molecule has 2 aliphatic heterocycles. The maximum atomic E-state index is 11.4. The predicted octanol–water partition coefficient (Wildman–Crippen LogP) is -0.404. The number of hydrogen-bond donors (Lipinski definition) is 1. The van der Waals surface area contributed by atoms with Gasteiger partial charge in [0, 0.05) is 25.7 Å². The largest absolute Gasteiger partial charge is 0.468 e. The number of methoxy groups -OCH3 is 1. The van der Waals surface area contributed by atoms with Crippen molar-refractivity contribution in [2.45, 2.75) is 24.9 Å². The van der Waals surface area contributed by atoms with Crippen molar-refractivity contribution in [3.8, 4) is 0 Å². The fraction of sp³-hybridized carbons (Fsp3) is 0.889. The van der Waals surface area contributed by atoms with Crippen LogP contribution in [-0.4, -0.2) is 49.7 Å². The molecule has 4 heteroatoms. The molecule has 2 saturated heterocycles. The van der Waals surface area contributed by atoms with Crippen LogP contribution in [0.5, 0.6) is 0 Å². The van der Waals surface area contributed by atoms with Crippen molar-refractivity contribution in [2.24, 2.45) is 0 Å². The fourth-order valence-corrected chi connectivity index (χ4v) is 2.36. The van der Waals surface area contributed by atoms with Crippen LogP contribution >= 0.6 is 0 Å². The van der Waals surface area contributed by atoms with E-state index in [0.717, 1.165) is 32.5 Å². The smallest absolute Gasteiger partial charge is 0.323 e. The summed E-state index contributed by atoms with van der Waals surface area (Å²) < 4.78 is 4.78. The van der Waals surface area contributed by atoms with Crippen molar-refractivity contribution < 1.29 is 9.53 Å². The normalized spacial score (nSPS) is 34.2. The molecule has 4 nitrogen and oxygen atoms in total. The molecule has 2 fully saturated rings. The van der Waals surface area contributed by atoms with Gasteiger partial charge in [0.25, 0.3) is 0 Å². The highest BCUT2D eigenvalue weighted by Crippen LogP contribution is 2.25. The number of piperazine rings is 1. The number of ether oxygens (including phenoxy) is 1. The minimum atomic E-state index is -0.0654. The average molecular weight is 184 g/mol. The van der Waals surface area contributed by atoms with Crippen LogP contribution in [-0.2, 0) is 9.53 Å². The van der Waals surface area contributed by atoms with E-state index < -0.39 is 0 Å². The number of esters is 1. The summed E-state index contributed by atoms with van der Waals surface area (Å²) >= 11 is 0. The lowest BCUT2D eigenvalue weighted by molar-refractivity contribution is -0.146. The van der Waals surface area contributed by atoms with Gasteiger partial charge in [-0.1, -0.05) is 0 Å². The van der Waals surface area contributed by atoms with Crippen molar-refractivity contribution in [2.75, 3.05) is 26.7 Å². The second kappa shape index (κ2) is 3.64. The maximum Gasteiger partial charge on any atom is 0.323 e. The number of carbonyl (C=O) groups is 1. The van der Waals surface area contributed by atoms with Gasteiger partial charge in [0.1, 0.15) is 6.04 Å². The lowest BCUT2D eigenvalue weighted by Crippen LogP contribution is -2.52. The number of fused-ring (bicyclic) bond motifs is 1. The van der Waals surface area contributed by atoms with Gasteiger partial charge in [-0.05, 0) is 12.8 Å². The van der Waals surface area contributed by atoms with Gasteiger partial charge < -0.3 is 10.1 Å². The molecule has 0 amide bonds. The first-order valence-corrected chi connectivity index (χ1v) is 4.87. The summed E-state index contributed by atoms with van der Waals surface area (Å²) in [5, 5.41) is 3.34. The Morgan fingerprint density at radius 2 is 2.38 bits per heavy atom. The third kappa shape index (κ3) is 1.56. The van der Waals surface area contributed by atoms with Crippen LogP contribution in [0, 0.1) is 0 Å². The Balaban J connectivity index is 2.02. The van der Waals surface area contributed by atoms with Crippen LogP contribution in [0.4, 0.5) is 0 Å². The zero-order valence-corrected chi connectivity index (χ0v) is 7.95. The van der Waals surface area contributed by atoms with Gasteiger partial charge in [0.2, 0.25) is 0 Å². The van der Waals surface area contributed by atoms with E-state index in [-0.39, 0.29) is 12.0 Å². The van der Waals surface area contributed by atoms with E-state index in [1.165, 1.54) is 7.11 Å². The number of nitrogens with one attached hydrogen (secondary N) is 1. The Hall–Kier alpha value is -0.610. The molecule has 2 rings (SSSR count). The highest BCUT2D eigenvalue weighted by Gasteiger charge is 2.39. The molecule has 2 unspecified atom stereocenters. The Kier molecular flexibility index (Phi) is 2.51. The maximum absolute atomic E-state index is 11.4. The number of hydrogen-bond acceptors (Lipinski definition) is 4. The minimum absolute atomic E-state index is 0.0251. The molecular formula is C9H16N2O2. The van der Waals surface area contributed by atoms with E-state index in [9.17, 15) is 4.79 Å². The summed E-state index contributed by atoms with van der Waals surface area (Å²) in [6, 6.07) is 0.579. The molecule has 0 radical (unpaired) electrons.